The number of benzene rings is 1. The molecule has 1 heterocycles. The molecule has 0 saturated carbocycles. The van der Waals surface area contributed by atoms with Crippen LogP contribution in [0.1, 0.15) is 29.0 Å². The second kappa shape index (κ2) is 7.27. The Morgan fingerprint density at radius 3 is 2.38 bits per heavy atom. The molecule has 24 heavy (non-hydrogen) atoms. The molecule has 1 atom stereocenters. The first-order chi connectivity index (χ1) is 11.2. The quantitative estimate of drug-likeness (QED) is 0.779. The number of nitrogens with one attached hydrogen (secondary N) is 1. The Hall–Kier alpha value is -1.99. The van der Waals surface area contributed by atoms with Crippen molar-refractivity contribution in [1.82, 2.24) is 10.3 Å². The molecule has 1 aromatic heterocycles. The van der Waals surface area contributed by atoms with E-state index in [9.17, 15) is 18.0 Å². The minimum Gasteiger partial charge on any atom is -0.406 e. The molecule has 1 N–H and O–H groups in total. The van der Waals surface area contributed by atoms with E-state index in [1.807, 2.05) is 0 Å². The van der Waals surface area contributed by atoms with Crippen LogP contribution in [0.5, 0.6) is 5.75 Å². The standard InChI is InChI=1S/C15H11Cl2F3N2O2/c1-8(9-2-4-10(5-3-9)24-15(18,19)20)21-14(23)13-11(16)6-7-12(17)22-13/h2-8H,1H3,(H,21,23)/t8-/m0/s1. The summed E-state index contributed by atoms with van der Waals surface area (Å²) in [7, 11) is 0. The van der Waals surface area contributed by atoms with Crippen LogP contribution in [0, 0.1) is 0 Å². The molecule has 1 amide bonds. The summed E-state index contributed by atoms with van der Waals surface area (Å²) < 4.78 is 40.1. The SMILES string of the molecule is C[C@H](NC(=O)c1nc(Cl)ccc1Cl)c1ccc(OC(F)(F)F)cc1. The van der Waals surface area contributed by atoms with E-state index in [0.717, 1.165) is 12.1 Å². The second-order valence-corrected chi connectivity index (χ2v) is 5.57. The van der Waals surface area contributed by atoms with Crippen molar-refractivity contribution in [2.75, 3.05) is 0 Å². The van der Waals surface area contributed by atoms with Gasteiger partial charge in [0.15, 0.2) is 0 Å². The molecule has 4 nitrogen and oxygen atoms in total. The van der Waals surface area contributed by atoms with Gasteiger partial charge < -0.3 is 10.1 Å². The first kappa shape index (κ1) is 18.4. The van der Waals surface area contributed by atoms with Crippen molar-refractivity contribution in [3.8, 4) is 5.75 Å². The fourth-order valence-corrected chi connectivity index (χ4v) is 2.22. The predicted molar refractivity (Wildman–Crippen MR) is 83.3 cm³/mol. The van der Waals surface area contributed by atoms with Crippen LogP contribution in [0.4, 0.5) is 13.2 Å². The lowest BCUT2D eigenvalue weighted by Gasteiger charge is -2.15. The van der Waals surface area contributed by atoms with Crippen molar-refractivity contribution >= 4 is 29.1 Å². The van der Waals surface area contributed by atoms with Crippen LogP contribution in [-0.4, -0.2) is 17.3 Å². The summed E-state index contributed by atoms with van der Waals surface area (Å²) in [6, 6.07) is 7.56. The smallest absolute Gasteiger partial charge is 0.406 e. The van der Waals surface area contributed by atoms with Crippen LogP contribution in [-0.2, 0) is 0 Å². The summed E-state index contributed by atoms with van der Waals surface area (Å²) in [5.41, 5.74) is 0.545. The van der Waals surface area contributed by atoms with Crippen molar-refractivity contribution in [2.24, 2.45) is 0 Å². The monoisotopic (exact) mass is 378 g/mol. The molecule has 0 unspecified atom stereocenters. The maximum absolute atomic E-state index is 12.2. The van der Waals surface area contributed by atoms with Crippen molar-refractivity contribution in [2.45, 2.75) is 19.3 Å². The Bertz CT molecular complexity index is 736. The third-order valence-corrected chi connectivity index (χ3v) is 3.50. The highest BCUT2D eigenvalue weighted by atomic mass is 35.5. The van der Waals surface area contributed by atoms with Crippen molar-refractivity contribution in [3.63, 3.8) is 0 Å². The molecule has 2 aromatic rings. The minimum atomic E-state index is -4.75. The molecule has 0 aliphatic heterocycles. The Labute approximate surface area is 145 Å². The lowest BCUT2D eigenvalue weighted by Crippen LogP contribution is -2.27. The maximum atomic E-state index is 12.2. The number of amides is 1. The zero-order valence-electron chi connectivity index (χ0n) is 12.2. The summed E-state index contributed by atoms with van der Waals surface area (Å²) in [5.74, 6) is -0.894. The number of hydrogen-bond donors (Lipinski definition) is 1. The molecule has 0 spiro atoms. The number of carbonyl (C=O) groups is 1. The topological polar surface area (TPSA) is 51.2 Å². The van der Waals surface area contributed by atoms with Gasteiger partial charge in [-0.1, -0.05) is 35.3 Å². The van der Waals surface area contributed by atoms with Gasteiger partial charge in [0.25, 0.3) is 5.91 Å². The van der Waals surface area contributed by atoms with Crippen molar-refractivity contribution in [1.29, 1.82) is 0 Å². The fraction of sp³-hybridized carbons (Fsp3) is 0.200. The first-order valence-corrected chi connectivity index (χ1v) is 7.40. The lowest BCUT2D eigenvalue weighted by atomic mass is 10.1. The zero-order valence-corrected chi connectivity index (χ0v) is 13.7. The summed E-state index contributed by atoms with van der Waals surface area (Å²) in [4.78, 5) is 16.0. The molecule has 2 rings (SSSR count). The number of ether oxygens (including phenoxy) is 1. The van der Waals surface area contributed by atoms with Crippen LogP contribution < -0.4 is 10.1 Å². The molecule has 0 aliphatic carbocycles. The van der Waals surface area contributed by atoms with Crippen LogP contribution in [0.15, 0.2) is 36.4 Å². The number of aromatic nitrogens is 1. The number of nitrogens with zero attached hydrogens (tertiary/aromatic N) is 1. The maximum Gasteiger partial charge on any atom is 0.573 e. The highest BCUT2D eigenvalue weighted by Crippen LogP contribution is 2.25. The zero-order chi connectivity index (χ0) is 17.9. The molecular formula is C15H11Cl2F3N2O2. The minimum absolute atomic E-state index is 0.0342. The molecule has 9 heteroatoms. The van der Waals surface area contributed by atoms with E-state index < -0.39 is 18.3 Å². The average molecular weight is 379 g/mol. The molecule has 128 valence electrons. The molecule has 0 saturated heterocycles. The Morgan fingerprint density at radius 2 is 1.79 bits per heavy atom. The van der Waals surface area contributed by atoms with E-state index in [-0.39, 0.29) is 21.6 Å². The number of alkyl halides is 3. The summed E-state index contributed by atoms with van der Waals surface area (Å²) >= 11 is 11.6. The van der Waals surface area contributed by atoms with Crippen LogP contribution in [0.25, 0.3) is 0 Å². The summed E-state index contributed by atoms with van der Waals surface area (Å²) in [6.45, 7) is 1.66. The summed E-state index contributed by atoms with van der Waals surface area (Å²) in [6.07, 6.45) is -4.75. The third-order valence-electron chi connectivity index (χ3n) is 2.99. The van der Waals surface area contributed by atoms with Gasteiger partial charge in [-0.05, 0) is 36.8 Å². The Kier molecular flexibility index (Phi) is 5.56. The van der Waals surface area contributed by atoms with Crippen molar-refractivity contribution < 1.29 is 22.7 Å². The Balaban J connectivity index is 2.08. The number of carbonyl (C=O) groups excluding carboxylic acids is 1. The van der Waals surface area contributed by atoms with Gasteiger partial charge in [0, 0.05) is 0 Å². The molecule has 0 fully saturated rings. The van der Waals surface area contributed by atoms with Gasteiger partial charge >= 0.3 is 6.36 Å². The van der Waals surface area contributed by atoms with E-state index in [1.165, 1.54) is 24.3 Å². The van der Waals surface area contributed by atoms with Gasteiger partial charge in [0.05, 0.1) is 11.1 Å². The normalized spacial score (nSPS) is 12.6. The molecule has 0 aliphatic rings. The van der Waals surface area contributed by atoms with E-state index in [2.05, 4.69) is 15.0 Å². The van der Waals surface area contributed by atoms with Gasteiger partial charge in [0.1, 0.15) is 16.6 Å². The van der Waals surface area contributed by atoms with E-state index in [1.54, 1.807) is 6.92 Å². The van der Waals surface area contributed by atoms with Gasteiger partial charge in [-0.25, -0.2) is 4.98 Å². The first-order valence-electron chi connectivity index (χ1n) is 6.64. The van der Waals surface area contributed by atoms with Crippen LogP contribution in [0.3, 0.4) is 0 Å². The molecule has 0 radical (unpaired) electrons. The number of hydrogen-bond acceptors (Lipinski definition) is 3. The van der Waals surface area contributed by atoms with Crippen molar-refractivity contribution in [3.05, 3.63) is 57.8 Å². The van der Waals surface area contributed by atoms with Gasteiger partial charge in [-0.2, -0.15) is 0 Å². The molecule has 0 bridgehead atoms. The second-order valence-electron chi connectivity index (χ2n) is 4.78. The van der Waals surface area contributed by atoms with Crippen LogP contribution in [0.2, 0.25) is 10.2 Å². The highest BCUT2D eigenvalue weighted by Gasteiger charge is 2.31. The molecule has 1 aromatic carbocycles. The number of rotatable bonds is 4. The average Bonchev–Trinajstić information content (AvgIpc) is 2.48. The van der Waals surface area contributed by atoms with Gasteiger partial charge in [-0.3, -0.25) is 4.79 Å². The van der Waals surface area contributed by atoms with Gasteiger partial charge in [0.2, 0.25) is 0 Å². The van der Waals surface area contributed by atoms with Gasteiger partial charge in [-0.15, -0.1) is 13.2 Å². The van der Waals surface area contributed by atoms with Crippen LogP contribution >= 0.6 is 23.2 Å². The largest absolute Gasteiger partial charge is 0.573 e. The van der Waals surface area contributed by atoms with E-state index >= 15 is 0 Å². The predicted octanol–water partition coefficient (Wildman–Crippen LogP) is 4.78. The number of halogens is 5. The summed E-state index contributed by atoms with van der Waals surface area (Å²) in [5, 5.41) is 2.89. The molecular weight excluding hydrogens is 368 g/mol. The lowest BCUT2D eigenvalue weighted by molar-refractivity contribution is -0.274. The third kappa shape index (κ3) is 5.01. The van der Waals surface area contributed by atoms with E-state index in [4.69, 9.17) is 23.2 Å². The Morgan fingerprint density at radius 1 is 1.17 bits per heavy atom. The number of pyridine rings is 1. The highest BCUT2D eigenvalue weighted by molar-refractivity contribution is 6.34. The van der Waals surface area contributed by atoms with E-state index in [0.29, 0.717) is 5.56 Å². The fourth-order valence-electron chi connectivity index (χ4n) is 1.88.